The molecular formula is HBr3Zn. The molecule has 0 aliphatic heterocycles. The zero-order valence-corrected chi connectivity index (χ0v) is 9.72. The molecule has 0 saturated carbocycles. The van der Waals surface area contributed by atoms with Gasteiger partial charge in [-0.3, -0.25) is 0 Å². The summed E-state index contributed by atoms with van der Waals surface area (Å²) < 4.78 is 0. The van der Waals surface area contributed by atoms with Crippen molar-refractivity contribution < 1.29 is 53.4 Å². The molecule has 0 saturated heterocycles. The van der Waals surface area contributed by atoms with Crippen molar-refractivity contribution in [2.75, 3.05) is 0 Å². The number of rotatable bonds is 0. The van der Waals surface area contributed by atoms with E-state index in [2.05, 4.69) is 0 Å². The summed E-state index contributed by atoms with van der Waals surface area (Å²) in [4.78, 5) is 0. The SMILES string of the molecule is Br.[Br-].[Br-].[Zn+2]. The van der Waals surface area contributed by atoms with Gasteiger partial charge in [0.25, 0.3) is 0 Å². The average molecular weight is 306 g/mol. The molecule has 0 aromatic heterocycles. The van der Waals surface area contributed by atoms with E-state index in [9.17, 15) is 0 Å². The quantitative estimate of drug-likeness (QED) is 0.392. The van der Waals surface area contributed by atoms with Gasteiger partial charge in [-0.25, -0.2) is 0 Å². The fourth-order valence-corrected chi connectivity index (χ4v) is 0. The molecule has 0 bridgehead atoms. The summed E-state index contributed by atoms with van der Waals surface area (Å²) in [5.41, 5.74) is 0. The van der Waals surface area contributed by atoms with Crippen LogP contribution in [0.25, 0.3) is 0 Å². The van der Waals surface area contributed by atoms with Gasteiger partial charge in [-0.1, -0.05) is 0 Å². The molecule has 0 aliphatic rings. The Bertz CT molecular complexity index is 3.25. The Hall–Kier alpha value is 2.06. The van der Waals surface area contributed by atoms with Crippen LogP contribution in [0.1, 0.15) is 0 Å². The van der Waals surface area contributed by atoms with E-state index in [1.54, 1.807) is 0 Å². The zero-order chi connectivity index (χ0) is 0. The minimum atomic E-state index is 0. The summed E-state index contributed by atoms with van der Waals surface area (Å²) in [6, 6.07) is 0. The summed E-state index contributed by atoms with van der Waals surface area (Å²) in [5.74, 6) is 0. The van der Waals surface area contributed by atoms with Crippen LogP contribution >= 0.6 is 17.0 Å². The predicted molar refractivity (Wildman–Crippen MR) is 10.3 cm³/mol. The first kappa shape index (κ1) is 36.5. The minimum absolute atomic E-state index is 0. The molecular weight excluding hydrogens is 305 g/mol. The van der Waals surface area contributed by atoms with Crippen molar-refractivity contribution in [3.63, 3.8) is 0 Å². The van der Waals surface area contributed by atoms with Gasteiger partial charge < -0.3 is 34.0 Å². The number of hydrogen-bond donors (Lipinski definition) is 0. The Morgan fingerprint density at radius 1 is 0.750 bits per heavy atom. The maximum atomic E-state index is 0. The van der Waals surface area contributed by atoms with E-state index in [0.29, 0.717) is 0 Å². The molecule has 0 aromatic rings. The molecule has 0 amide bonds. The molecule has 4 heavy (non-hydrogen) atoms. The van der Waals surface area contributed by atoms with E-state index in [1.807, 2.05) is 0 Å². The van der Waals surface area contributed by atoms with E-state index in [-0.39, 0.29) is 70.4 Å². The molecule has 0 N–H and O–H groups in total. The normalized spacial score (nSPS) is 0. The summed E-state index contributed by atoms with van der Waals surface area (Å²) in [5, 5.41) is 0. The van der Waals surface area contributed by atoms with E-state index in [1.165, 1.54) is 0 Å². The Labute approximate surface area is 69.8 Å². The molecule has 0 aliphatic carbocycles. The van der Waals surface area contributed by atoms with Crippen LogP contribution in [0.15, 0.2) is 0 Å². The Morgan fingerprint density at radius 3 is 0.750 bits per heavy atom. The first-order chi connectivity index (χ1) is 0. The molecule has 0 radical (unpaired) electrons. The average Bonchev–Trinajstić information content (AvgIpc) is 0. The first-order valence-electron chi connectivity index (χ1n) is 0. The van der Waals surface area contributed by atoms with Crippen LogP contribution in [0.3, 0.4) is 0 Å². The third-order valence-electron chi connectivity index (χ3n) is 0. The van der Waals surface area contributed by atoms with E-state index < -0.39 is 0 Å². The van der Waals surface area contributed by atoms with Crippen LogP contribution in [0, 0.1) is 0 Å². The van der Waals surface area contributed by atoms with E-state index >= 15 is 0 Å². The van der Waals surface area contributed by atoms with Crippen molar-refractivity contribution in [3.8, 4) is 0 Å². The fraction of sp³-hybridized carbons (Fsp3) is 0. The molecule has 0 heterocycles. The number of hydrogen-bond acceptors (Lipinski definition) is 0. The van der Waals surface area contributed by atoms with Crippen molar-refractivity contribution in [1.29, 1.82) is 0 Å². The van der Waals surface area contributed by atoms with Crippen LogP contribution < -0.4 is 34.0 Å². The van der Waals surface area contributed by atoms with Crippen LogP contribution in [0.2, 0.25) is 0 Å². The summed E-state index contributed by atoms with van der Waals surface area (Å²) in [6.07, 6.45) is 0. The zero-order valence-electron chi connectivity index (χ0n) is 1.87. The molecule has 0 unspecified atom stereocenters. The molecule has 4 heteroatoms. The standard InChI is InChI=1S/3BrH.Zn/h3*1H;/q;;;+2/p-2. The summed E-state index contributed by atoms with van der Waals surface area (Å²) in [7, 11) is 0. The molecule has 0 rings (SSSR count). The van der Waals surface area contributed by atoms with Gasteiger partial charge in [0.2, 0.25) is 0 Å². The summed E-state index contributed by atoms with van der Waals surface area (Å²) in [6.45, 7) is 0. The maximum absolute atomic E-state index is 0. The largest absolute Gasteiger partial charge is 2.00 e. The van der Waals surface area contributed by atoms with Gasteiger partial charge in [-0.2, -0.15) is 0 Å². The van der Waals surface area contributed by atoms with Crippen LogP contribution in [-0.2, 0) is 19.5 Å². The van der Waals surface area contributed by atoms with Crippen molar-refractivity contribution in [2.24, 2.45) is 0 Å². The second-order valence-corrected chi connectivity index (χ2v) is 0. The molecule has 24 valence electrons. The minimum Gasteiger partial charge on any atom is -1.00 e. The Morgan fingerprint density at radius 2 is 0.750 bits per heavy atom. The molecule has 0 atom stereocenters. The van der Waals surface area contributed by atoms with Gasteiger partial charge in [0.1, 0.15) is 0 Å². The monoisotopic (exact) mass is 302 g/mol. The molecule has 0 fully saturated rings. The van der Waals surface area contributed by atoms with Crippen molar-refractivity contribution in [1.82, 2.24) is 0 Å². The third-order valence-corrected chi connectivity index (χ3v) is 0. The number of halogens is 3. The van der Waals surface area contributed by atoms with E-state index in [0.717, 1.165) is 0 Å². The smallest absolute Gasteiger partial charge is 1.00 e. The van der Waals surface area contributed by atoms with Crippen molar-refractivity contribution in [3.05, 3.63) is 0 Å². The predicted octanol–water partition coefficient (Wildman–Crippen LogP) is -5.42. The van der Waals surface area contributed by atoms with Gasteiger partial charge >= 0.3 is 19.5 Å². The molecule has 0 nitrogen and oxygen atoms in total. The Balaban J connectivity index is 0. The van der Waals surface area contributed by atoms with Crippen molar-refractivity contribution in [2.45, 2.75) is 0 Å². The third kappa shape index (κ3) is 8.96. The van der Waals surface area contributed by atoms with Gasteiger partial charge in [0.15, 0.2) is 0 Å². The first-order valence-corrected chi connectivity index (χ1v) is 0. The summed E-state index contributed by atoms with van der Waals surface area (Å²) >= 11 is 0. The Kier molecular flexibility index (Phi) is 179. The van der Waals surface area contributed by atoms with E-state index in [4.69, 9.17) is 0 Å². The van der Waals surface area contributed by atoms with Gasteiger partial charge in [-0.15, -0.1) is 17.0 Å². The molecule has 0 spiro atoms. The molecule has 0 aromatic carbocycles. The second kappa shape index (κ2) is 19.6. The fourth-order valence-electron chi connectivity index (χ4n) is 0. The van der Waals surface area contributed by atoms with Gasteiger partial charge in [0.05, 0.1) is 0 Å². The van der Waals surface area contributed by atoms with Crippen LogP contribution in [0.4, 0.5) is 0 Å². The topological polar surface area (TPSA) is 0 Å². The van der Waals surface area contributed by atoms with Crippen molar-refractivity contribution >= 4 is 17.0 Å². The second-order valence-electron chi connectivity index (χ2n) is 0. The maximum Gasteiger partial charge on any atom is 2.00 e. The van der Waals surface area contributed by atoms with Gasteiger partial charge in [0, 0.05) is 0 Å². The van der Waals surface area contributed by atoms with Gasteiger partial charge in [-0.05, 0) is 0 Å². The van der Waals surface area contributed by atoms with Crippen LogP contribution in [-0.4, -0.2) is 0 Å². The van der Waals surface area contributed by atoms with Crippen LogP contribution in [0.5, 0.6) is 0 Å².